The Morgan fingerprint density at radius 1 is 1.29 bits per heavy atom. The molecule has 8 nitrogen and oxygen atoms in total. The van der Waals surface area contributed by atoms with Gasteiger partial charge in [0.25, 0.3) is 0 Å². The number of carbonyl (C=O) groups excluding carboxylic acids is 3. The van der Waals surface area contributed by atoms with Crippen LogP contribution in [-0.2, 0) is 25.5 Å². The molecule has 1 unspecified atom stereocenters. The summed E-state index contributed by atoms with van der Waals surface area (Å²) >= 11 is 0. The molecule has 2 atom stereocenters. The summed E-state index contributed by atoms with van der Waals surface area (Å²) in [7, 11) is -1.29. The minimum Gasteiger partial charge on any atom is -0.534 e. The molecule has 0 radical (unpaired) electrons. The monoisotopic (exact) mass is 391 g/mol. The lowest BCUT2D eigenvalue weighted by Gasteiger charge is -2.29. The van der Waals surface area contributed by atoms with E-state index in [0.717, 1.165) is 0 Å². The summed E-state index contributed by atoms with van der Waals surface area (Å²) < 4.78 is 15.7. The van der Waals surface area contributed by atoms with Crippen LogP contribution in [0.15, 0.2) is 18.2 Å². The minimum atomic E-state index is -1.29. The summed E-state index contributed by atoms with van der Waals surface area (Å²) in [5, 5.41) is 12.9. The van der Waals surface area contributed by atoms with Crippen molar-refractivity contribution in [3.8, 4) is 5.75 Å². The molecule has 9 heteroatoms. The largest absolute Gasteiger partial charge is 0.547 e. The number of para-hydroxylation sites is 1. The van der Waals surface area contributed by atoms with E-state index < -0.39 is 31.3 Å². The first-order valence-electron chi connectivity index (χ1n) is 9.37. The number of benzene rings is 1. The Hall–Kier alpha value is -2.55. The minimum absolute atomic E-state index is 0.114. The highest BCUT2D eigenvalue weighted by Gasteiger charge is 2.37. The first-order valence-corrected chi connectivity index (χ1v) is 9.37. The van der Waals surface area contributed by atoms with E-state index in [4.69, 9.17) is 14.1 Å². The quantitative estimate of drug-likeness (QED) is 0.413. The molecule has 152 valence electrons. The third kappa shape index (κ3) is 5.72. The number of fused-ring (bicyclic) bond motifs is 1. The molecule has 1 aliphatic rings. The number of hydrogen-bond acceptors (Lipinski definition) is 7. The number of ether oxygens (including phenoxy) is 2. The van der Waals surface area contributed by atoms with E-state index in [1.165, 1.54) is 13.0 Å². The second-order valence-electron chi connectivity index (χ2n) is 7.09. The summed E-state index contributed by atoms with van der Waals surface area (Å²) in [6, 6.07) is 4.90. The number of nitrogens with one attached hydrogen (secondary N) is 1. The van der Waals surface area contributed by atoms with Crippen LogP contribution in [-0.4, -0.2) is 42.2 Å². The Morgan fingerprint density at radius 3 is 2.64 bits per heavy atom. The first kappa shape index (κ1) is 21.8. The van der Waals surface area contributed by atoms with E-state index in [2.05, 4.69) is 5.32 Å². The Kier molecular flexibility index (Phi) is 7.45. The van der Waals surface area contributed by atoms with Gasteiger partial charge in [0, 0.05) is 19.8 Å². The number of carbonyl (C=O) groups is 3. The number of amides is 1. The van der Waals surface area contributed by atoms with Crippen molar-refractivity contribution < 1.29 is 33.5 Å². The molecule has 1 aromatic rings. The highest BCUT2D eigenvalue weighted by Crippen LogP contribution is 2.31. The summed E-state index contributed by atoms with van der Waals surface area (Å²) in [4.78, 5) is 35.8. The molecule has 1 amide bonds. The molecule has 0 fully saturated rings. The maximum absolute atomic E-state index is 12.5. The standard InChI is InChI=1S/C19H26BNO7/c1-5-16(22)21-15-10-13-7-6-8-14(18(13)28-20(15)25)19(24)27-12(4)26-17(23)9-11(2)3/h6-8,11-12,15,25H,5,9-10H2,1-4H3,(H,21,22)/t12?,15-/m0/s1. The molecule has 0 spiro atoms. The van der Waals surface area contributed by atoms with Gasteiger partial charge >= 0.3 is 19.1 Å². The fraction of sp³-hybridized carbons (Fsp3) is 0.526. The Labute approximate surface area is 164 Å². The maximum Gasteiger partial charge on any atom is 0.547 e. The van der Waals surface area contributed by atoms with Crippen molar-refractivity contribution in [3.05, 3.63) is 29.3 Å². The van der Waals surface area contributed by atoms with Gasteiger partial charge in [0.2, 0.25) is 12.2 Å². The summed E-state index contributed by atoms with van der Waals surface area (Å²) in [5.41, 5.74) is 0.772. The van der Waals surface area contributed by atoms with E-state index in [0.29, 0.717) is 12.0 Å². The molecule has 0 aromatic heterocycles. The van der Waals surface area contributed by atoms with Gasteiger partial charge < -0.3 is 24.5 Å². The predicted octanol–water partition coefficient (Wildman–Crippen LogP) is 1.63. The lowest BCUT2D eigenvalue weighted by atomic mass is 9.72. The molecule has 0 aliphatic carbocycles. The van der Waals surface area contributed by atoms with Crippen LogP contribution in [0.2, 0.25) is 0 Å². The number of hydrogen-bond donors (Lipinski definition) is 2. The zero-order valence-corrected chi connectivity index (χ0v) is 16.6. The molecule has 0 saturated carbocycles. The zero-order valence-electron chi connectivity index (χ0n) is 16.6. The SMILES string of the molecule is CCC(=O)N[C@H]1Cc2cccc(C(=O)OC(C)OC(=O)CC(C)C)c2OB1O. The van der Waals surface area contributed by atoms with Crippen molar-refractivity contribution in [1.82, 2.24) is 5.32 Å². The summed E-state index contributed by atoms with van der Waals surface area (Å²) in [6.45, 7) is 6.93. The van der Waals surface area contributed by atoms with E-state index in [1.807, 2.05) is 13.8 Å². The average Bonchev–Trinajstić information content (AvgIpc) is 2.60. The van der Waals surface area contributed by atoms with Crippen molar-refractivity contribution in [2.75, 3.05) is 0 Å². The van der Waals surface area contributed by atoms with Crippen molar-refractivity contribution in [2.24, 2.45) is 5.92 Å². The van der Waals surface area contributed by atoms with E-state index in [9.17, 15) is 19.4 Å². The van der Waals surface area contributed by atoms with Crippen LogP contribution in [0.25, 0.3) is 0 Å². The van der Waals surface area contributed by atoms with Gasteiger partial charge in [-0.2, -0.15) is 0 Å². The smallest absolute Gasteiger partial charge is 0.534 e. The summed E-state index contributed by atoms with van der Waals surface area (Å²) in [6.07, 6.45) is -0.235. The fourth-order valence-corrected chi connectivity index (χ4v) is 2.82. The molecule has 2 rings (SSSR count). The van der Waals surface area contributed by atoms with Crippen LogP contribution in [0.1, 0.15) is 56.5 Å². The average molecular weight is 391 g/mol. The van der Waals surface area contributed by atoms with Crippen LogP contribution in [0.3, 0.4) is 0 Å². The molecule has 0 saturated heterocycles. The molecule has 1 aliphatic heterocycles. The zero-order chi connectivity index (χ0) is 20.8. The van der Waals surface area contributed by atoms with Crippen LogP contribution in [0.4, 0.5) is 0 Å². The first-order chi connectivity index (χ1) is 13.2. The molecule has 28 heavy (non-hydrogen) atoms. The normalized spacial score (nSPS) is 16.6. The van der Waals surface area contributed by atoms with E-state index in [-0.39, 0.29) is 36.0 Å². The van der Waals surface area contributed by atoms with Crippen LogP contribution < -0.4 is 9.97 Å². The second kappa shape index (κ2) is 9.59. The fourth-order valence-electron chi connectivity index (χ4n) is 2.82. The van der Waals surface area contributed by atoms with Crippen LogP contribution in [0, 0.1) is 5.92 Å². The Balaban J connectivity index is 2.08. The third-order valence-electron chi connectivity index (χ3n) is 4.15. The molecule has 1 heterocycles. The van der Waals surface area contributed by atoms with Crippen molar-refractivity contribution >= 4 is 25.0 Å². The van der Waals surface area contributed by atoms with Crippen LogP contribution in [0.5, 0.6) is 5.75 Å². The topological polar surface area (TPSA) is 111 Å². The second-order valence-corrected chi connectivity index (χ2v) is 7.09. The van der Waals surface area contributed by atoms with Crippen molar-refractivity contribution in [1.29, 1.82) is 0 Å². The molecular weight excluding hydrogens is 365 g/mol. The van der Waals surface area contributed by atoms with Gasteiger partial charge in [-0.25, -0.2) is 4.79 Å². The highest BCUT2D eigenvalue weighted by molar-refractivity contribution is 6.47. The van der Waals surface area contributed by atoms with Crippen molar-refractivity contribution in [2.45, 2.75) is 59.2 Å². The van der Waals surface area contributed by atoms with Gasteiger partial charge in [-0.15, -0.1) is 0 Å². The molecule has 2 N–H and O–H groups in total. The lowest BCUT2D eigenvalue weighted by molar-refractivity contribution is -0.166. The van der Waals surface area contributed by atoms with Gasteiger partial charge in [-0.3, -0.25) is 9.59 Å². The van der Waals surface area contributed by atoms with Crippen molar-refractivity contribution in [3.63, 3.8) is 0 Å². The molecule has 0 bridgehead atoms. The summed E-state index contributed by atoms with van der Waals surface area (Å²) in [5.74, 6) is -1.67. The molecule has 1 aromatic carbocycles. The van der Waals surface area contributed by atoms with Gasteiger partial charge in [-0.05, 0) is 24.0 Å². The lowest BCUT2D eigenvalue weighted by Crippen LogP contribution is -2.53. The highest BCUT2D eigenvalue weighted by atomic mass is 16.7. The number of rotatable bonds is 7. The molecular formula is C19H26BNO7. The van der Waals surface area contributed by atoms with Gasteiger partial charge in [0.05, 0.1) is 5.94 Å². The Morgan fingerprint density at radius 2 is 2.00 bits per heavy atom. The number of esters is 2. The maximum atomic E-state index is 12.5. The third-order valence-corrected chi connectivity index (χ3v) is 4.15. The van der Waals surface area contributed by atoms with Gasteiger partial charge in [0.15, 0.2) is 0 Å². The van der Waals surface area contributed by atoms with Crippen LogP contribution >= 0.6 is 0 Å². The van der Waals surface area contributed by atoms with E-state index in [1.54, 1.807) is 19.1 Å². The van der Waals surface area contributed by atoms with Gasteiger partial charge in [0.1, 0.15) is 11.3 Å². The van der Waals surface area contributed by atoms with E-state index >= 15 is 0 Å². The predicted molar refractivity (Wildman–Crippen MR) is 101 cm³/mol. The Bertz CT molecular complexity index is 737. The van der Waals surface area contributed by atoms with Gasteiger partial charge in [-0.1, -0.05) is 32.9 Å².